The molecule has 0 saturated carbocycles. The fourth-order valence-electron chi connectivity index (χ4n) is 3.09. The average Bonchev–Trinajstić information content (AvgIpc) is 2.31. The molecule has 1 fully saturated rings. The summed E-state index contributed by atoms with van der Waals surface area (Å²) in [6, 6.07) is 8.92. The second-order valence-corrected chi connectivity index (χ2v) is 6.82. The van der Waals surface area contributed by atoms with Gasteiger partial charge in [-0.25, -0.2) is 0 Å². The van der Waals surface area contributed by atoms with Crippen LogP contribution in [0.3, 0.4) is 0 Å². The summed E-state index contributed by atoms with van der Waals surface area (Å²) in [4.78, 5) is 3.33. The van der Waals surface area contributed by atoms with Gasteiger partial charge in [0.1, 0.15) is 0 Å². The standard InChI is InChI=1S/C15H20BrN/c1-11-6-7-17(10-15(11)16)9-13-8-12-4-2-3-5-14(12)13/h2-5,11,13,15H,6-10H2,1H3. The van der Waals surface area contributed by atoms with Crippen molar-refractivity contribution in [2.75, 3.05) is 19.6 Å². The van der Waals surface area contributed by atoms with E-state index in [1.54, 1.807) is 11.1 Å². The number of hydrogen-bond donors (Lipinski definition) is 0. The average molecular weight is 294 g/mol. The summed E-state index contributed by atoms with van der Waals surface area (Å²) in [5.74, 6) is 1.62. The lowest BCUT2D eigenvalue weighted by atomic mass is 9.77. The number of piperidine rings is 1. The van der Waals surface area contributed by atoms with E-state index in [2.05, 4.69) is 52.0 Å². The van der Waals surface area contributed by atoms with Gasteiger partial charge in [0.05, 0.1) is 0 Å². The summed E-state index contributed by atoms with van der Waals surface area (Å²) in [6.07, 6.45) is 2.62. The van der Waals surface area contributed by atoms with Crippen LogP contribution in [0.1, 0.15) is 30.4 Å². The van der Waals surface area contributed by atoms with E-state index in [4.69, 9.17) is 0 Å². The van der Waals surface area contributed by atoms with Crippen LogP contribution in [0.15, 0.2) is 24.3 Å². The number of alkyl halides is 1. The molecule has 0 N–H and O–H groups in total. The maximum atomic E-state index is 3.81. The third-order valence-electron chi connectivity index (χ3n) is 4.39. The Morgan fingerprint density at radius 2 is 2.18 bits per heavy atom. The molecule has 3 atom stereocenters. The molecule has 1 aromatic rings. The number of hydrogen-bond acceptors (Lipinski definition) is 1. The van der Waals surface area contributed by atoms with Gasteiger partial charge in [0.2, 0.25) is 0 Å². The van der Waals surface area contributed by atoms with E-state index < -0.39 is 0 Å². The molecular weight excluding hydrogens is 274 g/mol. The van der Waals surface area contributed by atoms with Gasteiger partial charge in [-0.2, -0.15) is 0 Å². The Hall–Kier alpha value is -0.340. The highest BCUT2D eigenvalue weighted by Gasteiger charge is 2.30. The minimum atomic E-state index is 0.687. The van der Waals surface area contributed by atoms with Gasteiger partial charge in [0.25, 0.3) is 0 Å². The SMILES string of the molecule is CC1CCN(CC2Cc3ccccc32)CC1Br. The molecule has 3 unspecified atom stereocenters. The molecule has 0 spiro atoms. The summed E-state index contributed by atoms with van der Waals surface area (Å²) in [6.45, 7) is 6.11. The van der Waals surface area contributed by atoms with Gasteiger partial charge in [-0.1, -0.05) is 47.1 Å². The predicted molar refractivity (Wildman–Crippen MR) is 75.8 cm³/mol. The van der Waals surface area contributed by atoms with E-state index in [1.165, 1.54) is 32.5 Å². The van der Waals surface area contributed by atoms with Crippen molar-refractivity contribution >= 4 is 15.9 Å². The molecule has 1 saturated heterocycles. The molecule has 1 aliphatic carbocycles. The highest BCUT2D eigenvalue weighted by atomic mass is 79.9. The molecule has 1 nitrogen and oxygen atoms in total. The molecule has 0 aromatic heterocycles. The van der Waals surface area contributed by atoms with E-state index in [0.717, 1.165) is 11.8 Å². The quantitative estimate of drug-likeness (QED) is 0.755. The van der Waals surface area contributed by atoms with Crippen molar-refractivity contribution < 1.29 is 0 Å². The number of benzene rings is 1. The van der Waals surface area contributed by atoms with Gasteiger partial charge in [-0.3, -0.25) is 0 Å². The second-order valence-electron chi connectivity index (χ2n) is 5.64. The Labute approximate surface area is 112 Å². The smallest absolute Gasteiger partial charge is 0.0299 e. The Bertz CT molecular complexity index is 404. The van der Waals surface area contributed by atoms with Crippen LogP contribution in [0.2, 0.25) is 0 Å². The number of rotatable bonds is 2. The van der Waals surface area contributed by atoms with Crippen LogP contribution < -0.4 is 0 Å². The maximum absolute atomic E-state index is 3.81. The highest BCUT2D eigenvalue weighted by Crippen LogP contribution is 2.36. The van der Waals surface area contributed by atoms with Crippen LogP contribution in [-0.4, -0.2) is 29.4 Å². The third kappa shape index (κ3) is 2.30. The van der Waals surface area contributed by atoms with E-state index >= 15 is 0 Å². The minimum Gasteiger partial charge on any atom is -0.302 e. The Balaban J connectivity index is 1.59. The Kier molecular flexibility index (Phi) is 3.27. The molecular formula is C15H20BrN. The van der Waals surface area contributed by atoms with Crippen LogP contribution in [0.5, 0.6) is 0 Å². The van der Waals surface area contributed by atoms with Crippen molar-refractivity contribution in [3.63, 3.8) is 0 Å². The molecule has 1 aromatic carbocycles. The van der Waals surface area contributed by atoms with Crippen molar-refractivity contribution in [1.82, 2.24) is 4.90 Å². The third-order valence-corrected chi connectivity index (χ3v) is 5.58. The second kappa shape index (κ2) is 4.74. The Morgan fingerprint density at radius 1 is 1.35 bits per heavy atom. The lowest BCUT2D eigenvalue weighted by Crippen LogP contribution is -2.43. The van der Waals surface area contributed by atoms with Crippen molar-refractivity contribution in [1.29, 1.82) is 0 Å². The molecule has 0 bridgehead atoms. The largest absolute Gasteiger partial charge is 0.302 e. The first-order chi connectivity index (χ1) is 8.24. The van der Waals surface area contributed by atoms with Crippen molar-refractivity contribution in [2.45, 2.75) is 30.5 Å². The normalized spacial score (nSPS) is 32.9. The summed E-state index contributed by atoms with van der Waals surface area (Å²) in [7, 11) is 0. The summed E-state index contributed by atoms with van der Waals surface area (Å²) < 4.78 is 0. The number of fused-ring (bicyclic) bond motifs is 1. The predicted octanol–water partition coefficient (Wildman–Crippen LogP) is 3.43. The van der Waals surface area contributed by atoms with Gasteiger partial charge in [0, 0.05) is 23.8 Å². The molecule has 1 aliphatic heterocycles. The highest BCUT2D eigenvalue weighted by molar-refractivity contribution is 9.09. The topological polar surface area (TPSA) is 3.24 Å². The van der Waals surface area contributed by atoms with Gasteiger partial charge in [-0.15, -0.1) is 0 Å². The van der Waals surface area contributed by atoms with Gasteiger partial charge in [0.15, 0.2) is 0 Å². The minimum absolute atomic E-state index is 0.687. The fraction of sp³-hybridized carbons (Fsp3) is 0.600. The van der Waals surface area contributed by atoms with Crippen molar-refractivity contribution in [3.8, 4) is 0 Å². The van der Waals surface area contributed by atoms with E-state index in [1.807, 2.05) is 0 Å². The molecule has 17 heavy (non-hydrogen) atoms. The first-order valence-electron chi connectivity index (χ1n) is 6.68. The van der Waals surface area contributed by atoms with Crippen LogP contribution >= 0.6 is 15.9 Å². The zero-order chi connectivity index (χ0) is 11.8. The molecule has 1 heterocycles. The van der Waals surface area contributed by atoms with Crippen LogP contribution in [0, 0.1) is 5.92 Å². The monoisotopic (exact) mass is 293 g/mol. The fourth-order valence-corrected chi connectivity index (χ4v) is 3.76. The molecule has 0 radical (unpaired) electrons. The summed E-state index contributed by atoms with van der Waals surface area (Å²) in [5, 5.41) is 0. The molecule has 92 valence electrons. The molecule has 2 heteroatoms. The maximum Gasteiger partial charge on any atom is 0.0299 e. The van der Waals surface area contributed by atoms with Crippen LogP contribution in [-0.2, 0) is 6.42 Å². The summed E-state index contributed by atoms with van der Waals surface area (Å²) >= 11 is 3.81. The van der Waals surface area contributed by atoms with Crippen LogP contribution in [0.4, 0.5) is 0 Å². The number of halogens is 1. The van der Waals surface area contributed by atoms with Crippen LogP contribution in [0.25, 0.3) is 0 Å². The summed E-state index contributed by atoms with van der Waals surface area (Å²) in [5.41, 5.74) is 3.16. The molecule has 0 amide bonds. The first-order valence-corrected chi connectivity index (χ1v) is 7.60. The first kappa shape index (κ1) is 11.7. The number of nitrogens with zero attached hydrogens (tertiary/aromatic N) is 1. The lowest BCUT2D eigenvalue weighted by molar-refractivity contribution is 0.185. The van der Waals surface area contributed by atoms with Gasteiger partial charge < -0.3 is 4.90 Å². The zero-order valence-electron chi connectivity index (χ0n) is 10.4. The molecule has 3 rings (SSSR count). The van der Waals surface area contributed by atoms with E-state index in [-0.39, 0.29) is 0 Å². The molecule has 2 aliphatic rings. The van der Waals surface area contributed by atoms with Crippen molar-refractivity contribution in [3.05, 3.63) is 35.4 Å². The van der Waals surface area contributed by atoms with Crippen molar-refractivity contribution in [2.24, 2.45) is 5.92 Å². The zero-order valence-corrected chi connectivity index (χ0v) is 12.0. The van der Waals surface area contributed by atoms with Gasteiger partial charge >= 0.3 is 0 Å². The Morgan fingerprint density at radius 3 is 2.94 bits per heavy atom. The van der Waals surface area contributed by atoms with E-state index in [9.17, 15) is 0 Å². The lowest BCUT2D eigenvalue weighted by Gasteiger charge is -2.39. The number of likely N-dealkylation sites (tertiary alicyclic amines) is 1. The van der Waals surface area contributed by atoms with Gasteiger partial charge in [-0.05, 0) is 36.4 Å². The van der Waals surface area contributed by atoms with E-state index in [0.29, 0.717) is 4.83 Å².